The summed E-state index contributed by atoms with van der Waals surface area (Å²) in [5, 5.41) is 19.3. The average molecular weight is 280 g/mol. The molecule has 1 saturated carbocycles. The molecule has 3 atom stereocenters. The lowest BCUT2D eigenvalue weighted by Gasteiger charge is -2.37. The van der Waals surface area contributed by atoms with Crippen molar-refractivity contribution < 1.29 is 19.0 Å². The summed E-state index contributed by atoms with van der Waals surface area (Å²) >= 11 is 0. The van der Waals surface area contributed by atoms with E-state index in [0.29, 0.717) is 6.42 Å². The van der Waals surface area contributed by atoms with Gasteiger partial charge in [-0.2, -0.15) is 4.39 Å². The zero-order valence-electron chi connectivity index (χ0n) is 11.4. The zero-order valence-corrected chi connectivity index (χ0v) is 11.4. The lowest BCUT2D eigenvalue weighted by molar-refractivity contribution is 0.0419. The number of allylic oxidation sites excluding steroid dienone is 2. The van der Waals surface area contributed by atoms with Gasteiger partial charge in [0.1, 0.15) is 0 Å². The van der Waals surface area contributed by atoms with Gasteiger partial charge in [-0.25, -0.2) is 4.39 Å². The lowest BCUT2D eigenvalue weighted by atomic mass is 9.69. The van der Waals surface area contributed by atoms with E-state index in [0.717, 1.165) is 24.8 Å². The van der Waals surface area contributed by atoms with Crippen LogP contribution in [0.15, 0.2) is 18.2 Å². The van der Waals surface area contributed by atoms with Crippen molar-refractivity contribution >= 4 is 5.57 Å². The third-order valence-corrected chi connectivity index (χ3v) is 5.10. The quantitative estimate of drug-likeness (QED) is 0.824. The summed E-state index contributed by atoms with van der Waals surface area (Å²) in [6.07, 6.45) is 4.69. The number of aliphatic hydroxyl groups is 1. The van der Waals surface area contributed by atoms with Crippen LogP contribution in [0.4, 0.5) is 8.78 Å². The molecule has 1 unspecified atom stereocenters. The number of phenols is 1. The van der Waals surface area contributed by atoms with E-state index >= 15 is 0 Å². The van der Waals surface area contributed by atoms with Crippen molar-refractivity contribution in [1.29, 1.82) is 0 Å². The Bertz CT molecular complexity index is 582. The third kappa shape index (κ3) is 1.85. The van der Waals surface area contributed by atoms with Gasteiger partial charge in [0, 0.05) is 11.0 Å². The average Bonchev–Trinajstić information content (AvgIpc) is 2.72. The highest BCUT2D eigenvalue weighted by atomic mass is 19.2. The second-order valence-corrected chi connectivity index (χ2v) is 6.16. The molecule has 0 saturated heterocycles. The molecule has 1 aromatic carbocycles. The molecule has 3 rings (SSSR count). The molecular weight excluding hydrogens is 262 g/mol. The molecule has 2 aliphatic carbocycles. The molecule has 0 radical (unpaired) electrons. The smallest absolute Gasteiger partial charge is 0.200 e. The SMILES string of the molecule is C[C@]12CCC(c3ccc(O)c(F)c3F)=CC1CC[C@@H]2O. The molecule has 1 aromatic rings. The second kappa shape index (κ2) is 4.55. The van der Waals surface area contributed by atoms with Gasteiger partial charge in [-0.05, 0) is 49.3 Å². The van der Waals surface area contributed by atoms with Gasteiger partial charge < -0.3 is 10.2 Å². The minimum absolute atomic E-state index is 0.143. The van der Waals surface area contributed by atoms with Gasteiger partial charge in [-0.15, -0.1) is 0 Å². The first-order valence-electron chi connectivity index (χ1n) is 6.99. The number of fused-ring (bicyclic) bond motifs is 1. The van der Waals surface area contributed by atoms with Crippen molar-refractivity contribution in [2.24, 2.45) is 11.3 Å². The molecule has 0 bridgehead atoms. The normalized spacial score (nSPS) is 32.9. The first-order valence-corrected chi connectivity index (χ1v) is 6.99. The molecular formula is C16H18F2O2. The van der Waals surface area contributed by atoms with Crippen molar-refractivity contribution in [3.63, 3.8) is 0 Å². The van der Waals surface area contributed by atoms with Crippen LogP contribution in [0, 0.1) is 23.0 Å². The third-order valence-electron chi connectivity index (χ3n) is 5.10. The van der Waals surface area contributed by atoms with Crippen molar-refractivity contribution in [1.82, 2.24) is 0 Å². The van der Waals surface area contributed by atoms with Crippen LogP contribution < -0.4 is 0 Å². The number of benzene rings is 1. The van der Waals surface area contributed by atoms with Crippen LogP contribution in [0.25, 0.3) is 5.57 Å². The zero-order chi connectivity index (χ0) is 14.5. The summed E-state index contributed by atoms with van der Waals surface area (Å²) in [4.78, 5) is 0. The number of hydrogen-bond donors (Lipinski definition) is 2. The van der Waals surface area contributed by atoms with Gasteiger partial charge in [0.2, 0.25) is 5.82 Å². The summed E-state index contributed by atoms with van der Waals surface area (Å²) < 4.78 is 27.4. The molecule has 108 valence electrons. The van der Waals surface area contributed by atoms with E-state index in [1.165, 1.54) is 12.1 Å². The molecule has 0 heterocycles. The largest absolute Gasteiger partial charge is 0.505 e. The van der Waals surface area contributed by atoms with Crippen LogP contribution >= 0.6 is 0 Å². The summed E-state index contributed by atoms with van der Waals surface area (Å²) in [5.41, 5.74) is 0.858. The highest BCUT2D eigenvalue weighted by molar-refractivity contribution is 5.68. The predicted octanol–water partition coefficient (Wildman–Crippen LogP) is 3.62. The lowest BCUT2D eigenvalue weighted by Crippen LogP contribution is -2.33. The van der Waals surface area contributed by atoms with E-state index in [-0.39, 0.29) is 23.0 Å². The number of rotatable bonds is 1. The van der Waals surface area contributed by atoms with Crippen LogP contribution in [0.3, 0.4) is 0 Å². The van der Waals surface area contributed by atoms with Crippen LogP contribution in [-0.4, -0.2) is 16.3 Å². The number of aromatic hydroxyl groups is 1. The minimum Gasteiger partial charge on any atom is -0.505 e. The second-order valence-electron chi connectivity index (χ2n) is 6.16. The van der Waals surface area contributed by atoms with Crippen molar-refractivity contribution in [3.8, 4) is 5.75 Å². The Labute approximate surface area is 116 Å². The van der Waals surface area contributed by atoms with Gasteiger partial charge >= 0.3 is 0 Å². The van der Waals surface area contributed by atoms with Gasteiger partial charge in [0.25, 0.3) is 0 Å². The van der Waals surface area contributed by atoms with Gasteiger partial charge in [0.15, 0.2) is 11.6 Å². The fourth-order valence-electron chi connectivity index (χ4n) is 3.61. The maximum Gasteiger partial charge on any atom is 0.200 e. The highest BCUT2D eigenvalue weighted by Crippen LogP contribution is 2.52. The molecule has 0 spiro atoms. The first-order chi connectivity index (χ1) is 9.43. The van der Waals surface area contributed by atoms with Crippen LogP contribution in [-0.2, 0) is 0 Å². The van der Waals surface area contributed by atoms with E-state index < -0.39 is 17.4 Å². The predicted molar refractivity (Wildman–Crippen MR) is 72.1 cm³/mol. The first kappa shape index (κ1) is 13.6. The maximum atomic E-state index is 13.9. The van der Waals surface area contributed by atoms with Gasteiger partial charge in [-0.1, -0.05) is 13.0 Å². The van der Waals surface area contributed by atoms with Crippen molar-refractivity contribution in [2.75, 3.05) is 0 Å². The molecule has 1 fully saturated rings. The summed E-state index contributed by atoms with van der Waals surface area (Å²) in [7, 11) is 0. The fraction of sp³-hybridized carbons (Fsp3) is 0.500. The number of phenolic OH excluding ortho intramolecular Hbond substituents is 1. The van der Waals surface area contributed by atoms with Crippen LogP contribution in [0.5, 0.6) is 5.75 Å². The Hall–Kier alpha value is -1.42. The van der Waals surface area contributed by atoms with E-state index in [2.05, 4.69) is 6.92 Å². The maximum absolute atomic E-state index is 13.9. The fourth-order valence-corrected chi connectivity index (χ4v) is 3.61. The van der Waals surface area contributed by atoms with Crippen molar-refractivity contribution in [2.45, 2.75) is 38.7 Å². The molecule has 0 aromatic heterocycles. The molecule has 0 aliphatic heterocycles. The topological polar surface area (TPSA) is 40.5 Å². The Morgan fingerprint density at radius 1 is 1.20 bits per heavy atom. The molecule has 2 nitrogen and oxygen atoms in total. The molecule has 0 amide bonds. The van der Waals surface area contributed by atoms with E-state index in [4.69, 9.17) is 0 Å². The van der Waals surface area contributed by atoms with Crippen LogP contribution in [0.1, 0.15) is 38.2 Å². The number of hydrogen-bond acceptors (Lipinski definition) is 2. The Balaban J connectivity index is 1.99. The summed E-state index contributed by atoms with van der Waals surface area (Å²) in [6.45, 7) is 2.07. The van der Waals surface area contributed by atoms with Gasteiger partial charge in [0.05, 0.1) is 6.10 Å². The van der Waals surface area contributed by atoms with E-state index in [1.807, 2.05) is 6.08 Å². The Morgan fingerprint density at radius 3 is 2.70 bits per heavy atom. The summed E-state index contributed by atoms with van der Waals surface area (Å²) in [6, 6.07) is 2.61. The molecule has 20 heavy (non-hydrogen) atoms. The molecule has 2 aliphatic rings. The Kier molecular flexibility index (Phi) is 3.09. The summed E-state index contributed by atoms with van der Waals surface area (Å²) in [5.74, 6) is -2.64. The standard InChI is InChI=1S/C16H18F2O2/c1-16-7-6-9(8-10(16)2-5-13(16)20)11-3-4-12(19)15(18)14(11)17/h3-4,8,10,13,19-20H,2,5-7H2,1H3/t10?,13-,16-/m0/s1. The number of aliphatic hydroxyl groups excluding tert-OH is 1. The molecule has 2 N–H and O–H groups in total. The molecule has 4 heteroatoms. The Morgan fingerprint density at radius 2 is 1.95 bits per heavy atom. The van der Waals surface area contributed by atoms with Gasteiger partial charge in [-0.3, -0.25) is 0 Å². The number of halogens is 2. The monoisotopic (exact) mass is 280 g/mol. The minimum atomic E-state index is -1.19. The van der Waals surface area contributed by atoms with Crippen molar-refractivity contribution in [3.05, 3.63) is 35.4 Å². The van der Waals surface area contributed by atoms with Crippen LogP contribution in [0.2, 0.25) is 0 Å². The highest BCUT2D eigenvalue weighted by Gasteiger charge is 2.46. The van der Waals surface area contributed by atoms with E-state index in [1.54, 1.807) is 0 Å². The van der Waals surface area contributed by atoms with E-state index in [9.17, 15) is 19.0 Å².